The maximum absolute atomic E-state index is 13.8. The SMILES string of the molecule is CC(C)(C)NC(=O)[C@H]1CC[C@H]2CCCC[C@H]2N1C[C@H]1C[C@@H](c2ccc(CO)cc2)O[C@@H](c2ccc(NC(=O)c3cnc4ccccc4n3)cc2)O1. The molecule has 10 heteroatoms. The number of aliphatic hydroxyl groups excluding tert-OH is 1. The zero-order chi connectivity index (χ0) is 35.5. The first-order chi connectivity index (χ1) is 24.6. The molecule has 4 aromatic rings. The van der Waals surface area contributed by atoms with Gasteiger partial charge < -0.3 is 25.2 Å². The second-order valence-electron chi connectivity index (χ2n) is 15.3. The number of piperidine rings is 1. The summed E-state index contributed by atoms with van der Waals surface area (Å²) in [5.74, 6) is 0.349. The Morgan fingerprint density at radius 1 is 0.882 bits per heavy atom. The van der Waals surface area contributed by atoms with Gasteiger partial charge in [-0.15, -0.1) is 0 Å². The summed E-state index contributed by atoms with van der Waals surface area (Å²) in [5, 5.41) is 15.8. The molecule has 7 rings (SSSR count). The second kappa shape index (κ2) is 15.2. The summed E-state index contributed by atoms with van der Waals surface area (Å²) in [6.07, 6.45) is 7.69. The highest BCUT2D eigenvalue weighted by Gasteiger charge is 2.44. The van der Waals surface area contributed by atoms with Gasteiger partial charge in [0.05, 0.1) is 42.1 Å². The Bertz CT molecular complexity index is 1830. The van der Waals surface area contributed by atoms with E-state index in [-0.39, 0.29) is 47.9 Å². The molecule has 0 spiro atoms. The number of aliphatic hydroxyl groups is 1. The number of aromatic nitrogens is 2. The maximum atomic E-state index is 13.8. The first-order valence-electron chi connectivity index (χ1n) is 18.3. The van der Waals surface area contributed by atoms with Crippen molar-refractivity contribution in [3.8, 4) is 0 Å². The number of rotatable bonds is 8. The molecule has 1 aliphatic carbocycles. The van der Waals surface area contributed by atoms with Crippen LogP contribution in [0.2, 0.25) is 0 Å². The van der Waals surface area contributed by atoms with Crippen molar-refractivity contribution in [3.63, 3.8) is 0 Å². The minimum Gasteiger partial charge on any atom is -0.392 e. The van der Waals surface area contributed by atoms with Crippen LogP contribution in [0.25, 0.3) is 11.0 Å². The minimum atomic E-state index is -0.656. The van der Waals surface area contributed by atoms with Crippen molar-refractivity contribution in [2.24, 2.45) is 5.92 Å². The number of carbonyl (C=O) groups excluding carboxylic acids is 2. The number of hydrogen-bond acceptors (Lipinski definition) is 8. The van der Waals surface area contributed by atoms with Crippen LogP contribution < -0.4 is 10.6 Å². The number of fused-ring (bicyclic) bond motifs is 2. The Morgan fingerprint density at radius 3 is 2.35 bits per heavy atom. The second-order valence-corrected chi connectivity index (χ2v) is 15.3. The van der Waals surface area contributed by atoms with Crippen molar-refractivity contribution >= 4 is 28.5 Å². The normalized spacial score (nSPS) is 25.6. The molecule has 1 aromatic heterocycles. The zero-order valence-electron chi connectivity index (χ0n) is 29.8. The number of nitrogens with zero attached hydrogens (tertiary/aromatic N) is 3. The van der Waals surface area contributed by atoms with E-state index >= 15 is 0 Å². The lowest BCUT2D eigenvalue weighted by atomic mass is 9.75. The summed E-state index contributed by atoms with van der Waals surface area (Å²) < 4.78 is 13.4. The van der Waals surface area contributed by atoms with Crippen molar-refractivity contribution in [1.29, 1.82) is 0 Å². The van der Waals surface area contributed by atoms with Crippen LogP contribution in [0.15, 0.2) is 79.0 Å². The van der Waals surface area contributed by atoms with Gasteiger partial charge >= 0.3 is 0 Å². The van der Waals surface area contributed by atoms with E-state index in [0.717, 1.165) is 41.5 Å². The molecule has 10 nitrogen and oxygen atoms in total. The third-order valence-electron chi connectivity index (χ3n) is 10.5. The summed E-state index contributed by atoms with van der Waals surface area (Å²) >= 11 is 0. The average Bonchev–Trinajstić information content (AvgIpc) is 3.14. The molecule has 3 N–H and O–H groups in total. The molecule has 2 aliphatic heterocycles. The third kappa shape index (κ3) is 8.31. The van der Waals surface area contributed by atoms with Crippen LogP contribution in [-0.4, -0.2) is 62.1 Å². The van der Waals surface area contributed by atoms with Crippen LogP contribution in [0, 0.1) is 5.92 Å². The Balaban J connectivity index is 1.12. The highest BCUT2D eigenvalue weighted by atomic mass is 16.7. The van der Waals surface area contributed by atoms with Gasteiger partial charge in [0.15, 0.2) is 6.29 Å². The van der Waals surface area contributed by atoms with E-state index in [1.807, 2.05) is 93.6 Å². The molecule has 2 amide bonds. The molecule has 3 aromatic carbocycles. The largest absolute Gasteiger partial charge is 0.392 e. The number of nitrogens with one attached hydrogen (secondary N) is 2. The average molecular weight is 692 g/mol. The highest BCUT2D eigenvalue weighted by Crippen LogP contribution is 2.42. The predicted octanol–water partition coefficient (Wildman–Crippen LogP) is 6.86. The first kappa shape index (κ1) is 35.2. The molecule has 0 radical (unpaired) electrons. The zero-order valence-corrected chi connectivity index (χ0v) is 29.8. The molecule has 268 valence electrons. The molecule has 6 atom stereocenters. The number of anilines is 1. The lowest BCUT2D eigenvalue weighted by Crippen LogP contribution is -2.61. The number of para-hydroxylation sites is 2. The Morgan fingerprint density at radius 2 is 1.61 bits per heavy atom. The molecule has 1 saturated carbocycles. The number of carbonyl (C=O) groups is 2. The Labute approximate surface area is 300 Å². The fraction of sp³-hybridized carbons (Fsp3) is 0.463. The fourth-order valence-electron chi connectivity index (χ4n) is 7.98. The Kier molecular flexibility index (Phi) is 10.5. The van der Waals surface area contributed by atoms with Crippen LogP contribution in [-0.2, 0) is 20.9 Å². The summed E-state index contributed by atoms with van der Waals surface area (Å²) in [6, 6.07) is 23.0. The molecule has 0 unspecified atom stereocenters. The number of ether oxygens (including phenoxy) is 2. The van der Waals surface area contributed by atoms with Crippen molar-refractivity contribution < 1.29 is 24.2 Å². The summed E-state index contributed by atoms with van der Waals surface area (Å²) in [7, 11) is 0. The smallest absolute Gasteiger partial charge is 0.275 e. The molecular weight excluding hydrogens is 642 g/mol. The Hall–Kier alpha value is -4.22. The van der Waals surface area contributed by atoms with Gasteiger partial charge in [-0.1, -0.05) is 61.4 Å². The number of hydrogen-bond donors (Lipinski definition) is 3. The molecular formula is C41H49N5O5. The lowest BCUT2D eigenvalue weighted by Gasteiger charge is -2.50. The van der Waals surface area contributed by atoms with Gasteiger partial charge in [-0.2, -0.15) is 0 Å². The summed E-state index contributed by atoms with van der Waals surface area (Å²) in [5.41, 5.74) is 4.62. The van der Waals surface area contributed by atoms with E-state index in [9.17, 15) is 14.7 Å². The fourth-order valence-corrected chi connectivity index (χ4v) is 7.98. The van der Waals surface area contributed by atoms with Crippen LogP contribution in [0.1, 0.15) is 105 Å². The van der Waals surface area contributed by atoms with Crippen LogP contribution in [0.4, 0.5) is 5.69 Å². The molecule has 3 fully saturated rings. The van der Waals surface area contributed by atoms with Crippen LogP contribution in [0.5, 0.6) is 0 Å². The van der Waals surface area contributed by atoms with Gasteiger partial charge in [0, 0.05) is 35.8 Å². The number of likely N-dealkylation sites (tertiary alicyclic amines) is 1. The van der Waals surface area contributed by atoms with Crippen molar-refractivity contribution in [3.05, 3.63) is 101 Å². The van der Waals surface area contributed by atoms with E-state index in [4.69, 9.17) is 9.47 Å². The van der Waals surface area contributed by atoms with Gasteiger partial charge in [0.2, 0.25) is 5.91 Å². The number of benzene rings is 3. The minimum absolute atomic E-state index is 0.0218. The van der Waals surface area contributed by atoms with Gasteiger partial charge in [-0.05, 0) is 87.8 Å². The maximum Gasteiger partial charge on any atom is 0.275 e. The molecule has 3 aliphatic rings. The van der Waals surface area contributed by atoms with E-state index in [2.05, 4.69) is 25.5 Å². The summed E-state index contributed by atoms with van der Waals surface area (Å²) in [6.45, 7) is 6.72. The van der Waals surface area contributed by atoms with Gasteiger partial charge in [0.1, 0.15) is 5.69 Å². The van der Waals surface area contributed by atoms with Crippen LogP contribution >= 0.6 is 0 Å². The third-order valence-corrected chi connectivity index (χ3v) is 10.5. The van der Waals surface area contributed by atoms with E-state index in [0.29, 0.717) is 36.1 Å². The lowest BCUT2D eigenvalue weighted by molar-refractivity contribution is -0.255. The predicted molar refractivity (Wildman–Crippen MR) is 196 cm³/mol. The molecule has 3 heterocycles. The van der Waals surface area contributed by atoms with Crippen LogP contribution in [0.3, 0.4) is 0 Å². The van der Waals surface area contributed by atoms with E-state index in [1.54, 1.807) is 0 Å². The molecule has 51 heavy (non-hydrogen) atoms. The van der Waals surface area contributed by atoms with Gasteiger partial charge in [0.25, 0.3) is 5.91 Å². The van der Waals surface area contributed by atoms with E-state index in [1.165, 1.54) is 25.5 Å². The summed E-state index contributed by atoms with van der Waals surface area (Å²) in [4.78, 5) is 38.1. The highest BCUT2D eigenvalue weighted by molar-refractivity contribution is 6.03. The topological polar surface area (TPSA) is 126 Å². The monoisotopic (exact) mass is 691 g/mol. The van der Waals surface area contributed by atoms with Gasteiger partial charge in [-0.3, -0.25) is 19.5 Å². The van der Waals surface area contributed by atoms with E-state index < -0.39 is 6.29 Å². The van der Waals surface area contributed by atoms with Crippen molar-refractivity contribution in [1.82, 2.24) is 20.2 Å². The van der Waals surface area contributed by atoms with Crippen molar-refractivity contribution in [2.45, 2.75) is 108 Å². The standard InChI is InChI=1S/C41H49N5O5/c1-41(2,3)45-39(49)36-21-18-27-8-4-7-11-35(27)46(36)24-31-22-37(28-14-12-26(25-47)13-15-28)51-40(50-31)29-16-19-30(20-17-29)43-38(48)34-23-42-32-9-5-6-10-33(32)44-34/h5-6,9-10,12-17,19-20,23,27,31,35-37,40,47H,4,7-8,11,18,21-22,24-25H2,1-3H3,(H,43,48)(H,45,49)/t27-,31-,35-,36-,37+,40+/m1/s1. The molecule has 0 bridgehead atoms. The quantitative estimate of drug-likeness (QED) is 0.183. The molecule has 2 saturated heterocycles. The van der Waals surface area contributed by atoms with Gasteiger partial charge in [-0.25, -0.2) is 4.98 Å². The first-order valence-corrected chi connectivity index (χ1v) is 18.3. The number of amides is 2. The van der Waals surface area contributed by atoms with Crippen molar-refractivity contribution in [2.75, 3.05) is 11.9 Å².